The van der Waals surface area contributed by atoms with Gasteiger partial charge in [-0.2, -0.15) is 0 Å². The minimum atomic E-state index is 0. The number of allylic oxidation sites excluding steroid dienone is 1. The van der Waals surface area contributed by atoms with Gasteiger partial charge in [0.2, 0.25) is 0 Å². The predicted octanol–water partition coefficient (Wildman–Crippen LogP) is -4.63. The largest absolute Gasteiger partial charge is 1.00 e. The molecule has 102 valence electrons. The zero-order valence-electron chi connectivity index (χ0n) is 10.9. The summed E-state index contributed by atoms with van der Waals surface area (Å²) >= 11 is 1.58. The summed E-state index contributed by atoms with van der Waals surface area (Å²) in [7, 11) is 0. The Balaban J connectivity index is 0.00000120. The number of halogens is 3. The molecule has 1 aliphatic rings. The van der Waals surface area contributed by atoms with E-state index in [0.717, 1.165) is 0 Å². The summed E-state index contributed by atoms with van der Waals surface area (Å²) in [6, 6.07) is 17.3. The molecule has 20 heavy (non-hydrogen) atoms. The van der Waals surface area contributed by atoms with Crippen LogP contribution >= 0.6 is 0 Å². The maximum Gasteiger partial charge on any atom is -1.00 e. The SMILES string of the molecule is CC1=Cc2c(-c3ccccc3)cccc2[CH]1[Zr+3].[F-].[F-].[F-]. The monoisotopic (exact) mass is 352 g/mol. The van der Waals surface area contributed by atoms with Gasteiger partial charge in [-0.1, -0.05) is 0 Å². The summed E-state index contributed by atoms with van der Waals surface area (Å²) in [5, 5.41) is 0. The normalized spacial score (nSPS) is 15.2. The van der Waals surface area contributed by atoms with Crippen molar-refractivity contribution in [2.24, 2.45) is 0 Å². The first-order valence-electron chi connectivity index (χ1n) is 5.85. The molecule has 2 aromatic rings. The van der Waals surface area contributed by atoms with E-state index in [-0.39, 0.29) is 14.1 Å². The molecular weight excluding hydrogens is 340 g/mol. The maximum atomic E-state index is 2.36. The average molecular weight is 353 g/mol. The van der Waals surface area contributed by atoms with Gasteiger partial charge in [0, 0.05) is 0 Å². The summed E-state index contributed by atoms with van der Waals surface area (Å²) < 4.78 is 0.654. The van der Waals surface area contributed by atoms with Crippen LogP contribution in [0, 0.1) is 0 Å². The summed E-state index contributed by atoms with van der Waals surface area (Å²) in [5.74, 6) is 0. The van der Waals surface area contributed by atoms with Crippen LogP contribution in [0.4, 0.5) is 0 Å². The van der Waals surface area contributed by atoms with Crippen molar-refractivity contribution in [3.8, 4) is 11.1 Å². The van der Waals surface area contributed by atoms with E-state index < -0.39 is 0 Å². The second-order valence-corrected chi connectivity index (χ2v) is 5.92. The number of fused-ring (bicyclic) bond motifs is 1. The van der Waals surface area contributed by atoms with Crippen molar-refractivity contribution in [1.82, 2.24) is 0 Å². The number of benzene rings is 2. The van der Waals surface area contributed by atoms with Gasteiger partial charge >= 0.3 is 118 Å². The Labute approximate surface area is 131 Å². The van der Waals surface area contributed by atoms with Crippen molar-refractivity contribution in [2.45, 2.75) is 10.5 Å². The Kier molecular flexibility index (Phi) is 7.15. The molecule has 0 amide bonds. The van der Waals surface area contributed by atoms with Crippen LogP contribution in [0.15, 0.2) is 54.1 Å². The molecule has 0 heterocycles. The Morgan fingerprint density at radius 1 is 0.850 bits per heavy atom. The van der Waals surface area contributed by atoms with Crippen LogP contribution in [-0.4, -0.2) is 0 Å². The Bertz CT molecular complexity index is 594. The molecule has 0 radical (unpaired) electrons. The fourth-order valence-corrected chi connectivity index (χ4v) is 3.25. The molecule has 0 saturated carbocycles. The van der Waals surface area contributed by atoms with Gasteiger partial charge in [-0.15, -0.1) is 0 Å². The van der Waals surface area contributed by atoms with E-state index in [1.165, 1.54) is 27.8 Å². The first kappa shape index (κ1) is 18.9. The van der Waals surface area contributed by atoms with E-state index in [2.05, 4.69) is 61.5 Å². The molecule has 4 heteroatoms. The van der Waals surface area contributed by atoms with Crippen LogP contribution < -0.4 is 14.1 Å². The fraction of sp³-hybridized carbons (Fsp3) is 0.125. The van der Waals surface area contributed by atoms with E-state index >= 15 is 0 Å². The molecule has 0 spiro atoms. The third-order valence-corrected chi connectivity index (χ3v) is 5.25. The van der Waals surface area contributed by atoms with Crippen LogP contribution in [0.3, 0.4) is 0 Å². The van der Waals surface area contributed by atoms with Gasteiger partial charge in [-0.25, -0.2) is 0 Å². The van der Waals surface area contributed by atoms with E-state index in [0.29, 0.717) is 3.63 Å². The van der Waals surface area contributed by atoms with Crippen molar-refractivity contribution in [1.29, 1.82) is 0 Å². The molecule has 3 rings (SSSR count). The standard InChI is InChI=1S/C16H13.3FH.Zr/c1-12-10-14-8-5-9-15(16(14)11-12)13-6-3-2-4-7-13;;;;/h2-11H,1H3;3*1H;/q;;;;+3/p-3. The molecule has 1 atom stereocenters. The molecule has 0 N–H and O–H groups in total. The molecule has 0 bridgehead atoms. The molecule has 0 fully saturated rings. The third-order valence-electron chi connectivity index (χ3n) is 3.36. The van der Waals surface area contributed by atoms with Crippen molar-refractivity contribution >= 4 is 6.08 Å². The molecular formula is C16H13F3Zr. The van der Waals surface area contributed by atoms with E-state index in [4.69, 9.17) is 0 Å². The summed E-state index contributed by atoms with van der Waals surface area (Å²) in [6.07, 6.45) is 2.36. The average Bonchev–Trinajstić information content (AvgIpc) is 2.67. The van der Waals surface area contributed by atoms with Gasteiger partial charge in [-0.3, -0.25) is 0 Å². The Hall–Kier alpha value is -1.15. The van der Waals surface area contributed by atoms with Gasteiger partial charge in [-0.05, 0) is 0 Å². The predicted molar refractivity (Wildman–Crippen MR) is 68.3 cm³/mol. The molecule has 2 aromatic carbocycles. The summed E-state index contributed by atoms with van der Waals surface area (Å²) in [4.78, 5) is 0. The molecule has 0 saturated heterocycles. The smallest absolute Gasteiger partial charge is 1.00 e. The third kappa shape index (κ3) is 3.12. The van der Waals surface area contributed by atoms with Crippen LogP contribution in [-0.2, 0) is 24.7 Å². The quantitative estimate of drug-likeness (QED) is 0.484. The van der Waals surface area contributed by atoms with Crippen molar-refractivity contribution in [3.63, 3.8) is 0 Å². The number of hydrogen-bond donors (Lipinski definition) is 0. The number of hydrogen-bond acceptors (Lipinski definition) is 0. The first-order chi connectivity index (χ1) is 8.27. The second kappa shape index (κ2) is 7.59. The first-order valence-corrected chi connectivity index (χ1v) is 7.27. The number of rotatable bonds is 1. The maximum absolute atomic E-state index is 2.36. The topological polar surface area (TPSA) is 0 Å². The summed E-state index contributed by atoms with van der Waals surface area (Å²) in [5.41, 5.74) is 7.12. The van der Waals surface area contributed by atoms with Gasteiger partial charge in [0.15, 0.2) is 0 Å². The zero-order valence-corrected chi connectivity index (χ0v) is 13.4. The Morgan fingerprint density at radius 3 is 2.15 bits per heavy atom. The minimum absolute atomic E-state index is 0. The zero-order chi connectivity index (χ0) is 11.8. The second-order valence-electron chi connectivity index (χ2n) is 4.50. The van der Waals surface area contributed by atoms with Crippen LogP contribution in [0.5, 0.6) is 0 Å². The van der Waals surface area contributed by atoms with Crippen molar-refractivity contribution < 1.29 is 38.8 Å². The van der Waals surface area contributed by atoms with Gasteiger partial charge in [0.1, 0.15) is 0 Å². The van der Waals surface area contributed by atoms with Gasteiger partial charge in [0.05, 0.1) is 0 Å². The van der Waals surface area contributed by atoms with Crippen LogP contribution in [0.1, 0.15) is 21.7 Å². The molecule has 1 unspecified atom stereocenters. The Morgan fingerprint density at radius 2 is 1.50 bits per heavy atom. The molecule has 1 aliphatic carbocycles. The molecule has 0 nitrogen and oxygen atoms in total. The molecule has 0 aromatic heterocycles. The van der Waals surface area contributed by atoms with E-state index in [9.17, 15) is 0 Å². The molecule has 0 aliphatic heterocycles. The van der Waals surface area contributed by atoms with Crippen molar-refractivity contribution in [3.05, 3.63) is 65.2 Å². The minimum Gasteiger partial charge on any atom is -1.00 e. The fourth-order valence-electron chi connectivity index (χ4n) is 2.42. The van der Waals surface area contributed by atoms with Gasteiger partial charge in [0.25, 0.3) is 0 Å². The van der Waals surface area contributed by atoms with Gasteiger partial charge < -0.3 is 14.1 Å². The van der Waals surface area contributed by atoms with E-state index in [1.807, 2.05) is 0 Å². The van der Waals surface area contributed by atoms with E-state index in [1.54, 1.807) is 24.7 Å². The van der Waals surface area contributed by atoms with Crippen molar-refractivity contribution in [2.75, 3.05) is 0 Å². The van der Waals surface area contributed by atoms with Crippen LogP contribution in [0.2, 0.25) is 0 Å². The summed E-state index contributed by atoms with van der Waals surface area (Å²) in [6.45, 7) is 2.24. The van der Waals surface area contributed by atoms with Crippen LogP contribution in [0.25, 0.3) is 17.2 Å².